The number of hydrogen-bond donors (Lipinski definition) is 1. The van der Waals surface area contributed by atoms with Crippen molar-refractivity contribution in [1.82, 2.24) is 9.78 Å². The molecular formula is C19H21N3O4. The molecule has 0 spiro atoms. The van der Waals surface area contributed by atoms with Gasteiger partial charge in [-0.1, -0.05) is 6.07 Å². The number of carbonyl (C=O) groups excluding carboxylic acids is 1. The molecule has 0 unspecified atom stereocenters. The minimum atomic E-state index is -0.322. The van der Waals surface area contributed by atoms with Gasteiger partial charge in [-0.05, 0) is 38.1 Å². The predicted octanol–water partition coefficient (Wildman–Crippen LogP) is 3.47. The second-order valence-corrected chi connectivity index (χ2v) is 5.86. The second-order valence-electron chi connectivity index (χ2n) is 5.86. The lowest BCUT2D eigenvalue weighted by atomic mass is 10.3. The zero-order chi connectivity index (χ0) is 18.7. The summed E-state index contributed by atoms with van der Waals surface area (Å²) < 4.78 is 18.1. The minimum Gasteiger partial charge on any atom is -0.497 e. The number of rotatable bonds is 6. The fraction of sp³-hybridized carbons (Fsp3) is 0.263. The number of nitrogens with zero attached hydrogens (tertiary/aromatic N) is 2. The molecule has 0 atom stereocenters. The van der Waals surface area contributed by atoms with E-state index in [0.717, 1.165) is 11.4 Å². The third-order valence-corrected chi connectivity index (χ3v) is 4.06. The summed E-state index contributed by atoms with van der Waals surface area (Å²) >= 11 is 0. The van der Waals surface area contributed by atoms with Gasteiger partial charge < -0.3 is 19.2 Å². The topological polar surface area (TPSA) is 78.5 Å². The van der Waals surface area contributed by atoms with Crippen LogP contribution in [-0.4, -0.2) is 22.8 Å². The normalized spacial score (nSPS) is 10.6. The van der Waals surface area contributed by atoms with E-state index in [2.05, 4.69) is 10.4 Å². The first kappa shape index (κ1) is 17.6. The molecule has 26 heavy (non-hydrogen) atoms. The maximum atomic E-state index is 12.4. The van der Waals surface area contributed by atoms with Crippen molar-refractivity contribution in [2.24, 2.45) is 7.05 Å². The molecule has 0 aliphatic rings. The van der Waals surface area contributed by atoms with Gasteiger partial charge in [0.2, 0.25) is 0 Å². The summed E-state index contributed by atoms with van der Waals surface area (Å²) in [6, 6.07) is 10.6. The Balaban J connectivity index is 1.64. The van der Waals surface area contributed by atoms with E-state index in [4.69, 9.17) is 13.9 Å². The quantitative estimate of drug-likeness (QED) is 0.732. The lowest BCUT2D eigenvalue weighted by Crippen LogP contribution is -2.12. The number of aromatic nitrogens is 2. The molecule has 7 nitrogen and oxygen atoms in total. The van der Waals surface area contributed by atoms with Crippen LogP contribution in [0.1, 0.15) is 27.7 Å². The molecule has 0 bridgehead atoms. The first-order valence-electron chi connectivity index (χ1n) is 8.15. The molecule has 1 N–H and O–H groups in total. The zero-order valence-corrected chi connectivity index (χ0v) is 15.2. The summed E-state index contributed by atoms with van der Waals surface area (Å²) in [7, 11) is 3.43. The Hall–Kier alpha value is -3.22. The van der Waals surface area contributed by atoms with E-state index in [9.17, 15) is 4.79 Å². The summed E-state index contributed by atoms with van der Waals surface area (Å²) in [6.45, 7) is 3.95. The maximum Gasteiger partial charge on any atom is 0.291 e. The lowest BCUT2D eigenvalue weighted by Gasteiger charge is -2.06. The fourth-order valence-electron chi connectivity index (χ4n) is 2.55. The van der Waals surface area contributed by atoms with Gasteiger partial charge in [-0.15, -0.1) is 0 Å². The Morgan fingerprint density at radius 3 is 2.69 bits per heavy atom. The van der Waals surface area contributed by atoms with Gasteiger partial charge in [0.25, 0.3) is 5.91 Å². The predicted molar refractivity (Wildman–Crippen MR) is 96.7 cm³/mol. The monoisotopic (exact) mass is 355 g/mol. The Kier molecular flexibility index (Phi) is 4.97. The van der Waals surface area contributed by atoms with E-state index in [0.29, 0.717) is 22.9 Å². The number of ether oxygens (including phenoxy) is 2. The first-order valence-corrected chi connectivity index (χ1v) is 8.15. The second kappa shape index (κ2) is 7.35. The van der Waals surface area contributed by atoms with E-state index in [1.165, 1.54) is 0 Å². The third-order valence-electron chi connectivity index (χ3n) is 4.06. The number of anilines is 1. The Labute approximate surface area is 151 Å². The van der Waals surface area contributed by atoms with Gasteiger partial charge in [0, 0.05) is 13.1 Å². The number of carbonyl (C=O) groups is 1. The molecule has 7 heteroatoms. The Morgan fingerprint density at radius 2 is 2.00 bits per heavy atom. The van der Waals surface area contributed by atoms with E-state index >= 15 is 0 Å². The van der Waals surface area contributed by atoms with E-state index in [1.807, 2.05) is 39.1 Å². The van der Waals surface area contributed by atoms with Gasteiger partial charge in [0.05, 0.1) is 24.2 Å². The summed E-state index contributed by atoms with van der Waals surface area (Å²) in [5.41, 5.74) is 2.33. The summed E-state index contributed by atoms with van der Waals surface area (Å²) in [5, 5.41) is 7.13. The maximum absolute atomic E-state index is 12.4. The van der Waals surface area contributed by atoms with Gasteiger partial charge in [-0.2, -0.15) is 5.10 Å². The van der Waals surface area contributed by atoms with Gasteiger partial charge in [-0.3, -0.25) is 9.48 Å². The number of nitrogens with one attached hydrogen (secondary N) is 1. The van der Waals surface area contributed by atoms with Crippen molar-refractivity contribution in [3.8, 4) is 11.5 Å². The van der Waals surface area contributed by atoms with E-state index in [1.54, 1.807) is 30.0 Å². The highest BCUT2D eigenvalue weighted by molar-refractivity contribution is 6.02. The summed E-state index contributed by atoms with van der Waals surface area (Å²) in [4.78, 5) is 12.4. The molecule has 0 saturated carbocycles. The molecular weight excluding hydrogens is 334 g/mol. The zero-order valence-electron chi connectivity index (χ0n) is 15.2. The molecule has 2 heterocycles. The van der Waals surface area contributed by atoms with Crippen LogP contribution in [0.4, 0.5) is 5.69 Å². The largest absolute Gasteiger partial charge is 0.497 e. The van der Waals surface area contributed by atoms with Gasteiger partial charge in [0.15, 0.2) is 5.76 Å². The molecule has 136 valence electrons. The standard InChI is InChI=1S/C19H21N3O4/c1-12-18(13(2)22(3)21-12)20-19(23)17-9-8-16(26-17)11-25-15-7-5-6-14(10-15)24-4/h5-10H,11H2,1-4H3,(H,20,23). The van der Waals surface area contributed by atoms with Crippen LogP contribution < -0.4 is 14.8 Å². The number of amides is 1. The van der Waals surface area contributed by atoms with Gasteiger partial charge >= 0.3 is 0 Å². The van der Waals surface area contributed by atoms with Crippen molar-refractivity contribution in [3.63, 3.8) is 0 Å². The highest BCUT2D eigenvalue weighted by Gasteiger charge is 2.16. The highest BCUT2D eigenvalue weighted by Crippen LogP contribution is 2.22. The van der Waals surface area contributed by atoms with Crippen LogP contribution in [0.15, 0.2) is 40.8 Å². The average Bonchev–Trinajstić information content (AvgIpc) is 3.21. The Bertz CT molecular complexity index is 927. The van der Waals surface area contributed by atoms with Gasteiger partial charge in [-0.25, -0.2) is 0 Å². The number of hydrogen-bond acceptors (Lipinski definition) is 5. The molecule has 0 aliphatic carbocycles. The smallest absolute Gasteiger partial charge is 0.291 e. The molecule has 2 aromatic heterocycles. The fourth-order valence-corrected chi connectivity index (χ4v) is 2.55. The number of methoxy groups -OCH3 is 1. The molecule has 1 amide bonds. The van der Waals surface area contributed by atoms with Crippen LogP contribution in [0, 0.1) is 13.8 Å². The van der Waals surface area contributed by atoms with Crippen LogP contribution >= 0.6 is 0 Å². The van der Waals surface area contributed by atoms with Crippen molar-refractivity contribution in [2.45, 2.75) is 20.5 Å². The molecule has 0 saturated heterocycles. The number of benzene rings is 1. The molecule has 0 fully saturated rings. The molecule has 3 rings (SSSR count). The molecule has 0 radical (unpaired) electrons. The van der Waals surface area contributed by atoms with Crippen molar-refractivity contribution in [3.05, 3.63) is 59.3 Å². The molecule has 1 aromatic carbocycles. The minimum absolute atomic E-state index is 0.214. The van der Waals surface area contributed by atoms with Gasteiger partial charge in [0.1, 0.15) is 23.9 Å². The van der Waals surface area contributed by atoms with E-state index in [-0.39, 0.29) is 18.3 Å². The first-order chi connectivity index (χ1) is 12.5. The highest BCUT2D eigenvalue weighted by atomic mass is 16.5. The van der Waals surface area contributed by atoms with Crippen molar-refractivity contribution in [2.75, 3.05) is 12.4 Å². The molecule has 0 aliphatic heterocycles. The van der Waals surface area contributed by atoms with Crippen LogP contribution in [0.3, 0.4) is 0 Å². The van der Waals surface area contributed by atoms with Crippen LogP contribution in [-0.2, 0) is 13.7 Å². The third kappa shape index (κ3) is 3.72. The van der Waals surface area contributed by atoms with Crippen molar-refractivity contribution < 1.29 is 18.7 Å². The average molecular weight is 355 g/mol. The number of furan rings is 1. The number of aryl methyl sites for hydroxylation is 2. The Morgan fingerprint density at radius 1 is 1.23 bits per heavy atom. The van der Waals surface area contributed by atoms with Crippen LogP contribution in [0.2, 0.25) is 0 Å². The molecule has 3 aromatic rings. The van der Waals surface area contributed by atoms with Crippen molar-refractivity contribution >= 4 is 11.6 Å². The van der Waals surface area contributed by atoms with Crippen LogP contribution in [0.5, 0.6) is 11.5 Å². The van der Waals surface area contributed by atoms with Crippen molar-refractivity contribution in [1.29, 1.82) is 0 Å². The van der Waals surface area contributed by atoms with Crippen LogP contribution in [0.25, 0.3) is 0 Å². The lowest BCUT2D eigenvalue weighted by molar-refractivity contribution is 0.0992. The summed E-state index contributed by atoms with van der Waals surface area (Å²) in [5.74, 6) is 1.82. The summed E-state index contributed by atoms with van der Waals surface area (Å²) in [6.07, 6.45) is 0. The SMILES string of the molecule is COc1cccc(OCc2ccc(C(=O)Nc3c(C)nn(C)c3C)o2)c1. The van der Waals surface area contributed by atoms with E-state index < -0.39 is 0 Å².